The van der Waals surface area contributed by atoms with Crippen molar-refractivity contribution in [2.45, 2.75) is 25.5 Å². The van der Waals surface area contributed by atoms with Crippen LogP contribution in [-0.4, -0.2) is 22.5 Å². The third kappa shape index (κ3) is 2.60. The molecule has 0 fully saturated rings. The lowest BCUT2D eigenvalue weighted by Gasteiger charge is -2.20. The van der Waals surface area contributed by atoms with Crippen LogP contribution in [0.2, 0.25) is 0 Å². The number of aliphatic hydroxyl groups is 1. The fraction of sp³-hybridized carbons (Fsp3) is 0.312. The smallest absolute Gasteiger partial charge is 0.230 e. The third-order valence-corrected chi connectivity index (χ3v) is 3.71. The van der Waals surface area contributed by atoms with Gasteiger partial charge in [0.15, 0.2) is 0 Å². The van der Waals surface area contributed by atoms with Gasteiger partial charge in [0.1, 0.15) is 5.76 Å². The van der Waals surface area contributed by atoms with Gasteiger partial charge in [-0.3, -0.25) is 4.79 Å². The van der Waals surface area contributed by atoms with Gasteiger partial charge in [0.2, 0.25) is 5.91 Å². The minimum absolute atomic E-state index is 0.0313. The molecule has 1 aliphatic heterocycles. The van der Waals surface area contributed by atoms with Crippen LogP contribution in [0, 0.1) is 0 Å². The zero-order chi connectivity index (χ0) is 13.9. The van der Waals surface area contributed by atoms with Gasteiger partial charge < -0.3 is 14.4 Å². The molecule has 4 nitrogen and oxygen atoms in total. The van der Waals surface area contributed by atoms with Gasteiger partial charge in [-0.1, -0.05) is 24.3 Å². The van der Waals surface area contributed by atoms with E-state index in [1.54, 1.807) is 23.3 Å². The van der Waals surface area contributed by atoms with Gasteiger partial charge in [0.25, 0.3) is 0 Å². The summed E-state index contributed by atoms with van der Waals surface area (Å²) in [6.07, 6.45) is 1.92. The molecule has 2 heterocycles. The number of rotatable bonds is 2. The molecule has 0 aliphatic carbocycles. The molecule has 0 saturated carbocycles. The molecule has 0 saturated heterocycles. The fourth-order valence-corrected chi connectivity index (χ4v) is 2.61. The van der Waals surface area contributed by atoms with E-state index in [-0.39, 0.29) is 12.3 Å². The van der Waals surface area contributed by atoms with E-state index in [2.05, 4.69) is 0 Å². The Balaban J connectivity index is 1.77. The average molecular weight is 271 g/mol. The first kappa shape index (κ1) is 12.9. The molecule has 4 heteroatoms. The second-order valence-corrected chi connectivity index (χ2v) is 5.07. The lowest BCUT2D eigenvalue weighted by Crippen LogP contribution is -2.32. The molecule has 3 rings (SSSR count). The van der Waals surface area contributed by atoms with E-state index in [4.69, 9.17) is 4.42 Å². The number of benzene rings is 1. The van der Waals surface area contributed by atoms with E-state index in [0.717, 1.165) is 11.1 Å². The van der Waals surface area contributed by atoms with Gasteiger partial charge in [-0.2, -0.15) is 0 Å². The fourth-order valence-electron chi connectivity index (χ4n) is 2.61. The van der Waals surface area contributed by atoms with Gasteiger partial charge in [-0.05, 0) is 29.7 Å². The predicted octanol–water partition coefficient (Wildman–Crippen LogP) is 2.29. The zero-order valence-electron chi connectivity index (χ0n) is 11.2. The van der Waals surface area contributed by atoms with Crippen LogP contribution in [0.4, 0.5) is 0 Å². The number of carbonyl (C=O) groups is 1. The molecule has 0 spiro atoms. The summed E-state index contributed by atoms with van der Waals surface area (Å²) >= 11 is 0. The molecule has 1 N–H and O–H groups in total. The van der Waals surface area contributed by atoms with Crippen molar-refractivity contribution in [1.29, 1.82) is 0 Å². The number of hydrogen-bond acceptors (Lipinski definition) is 3. The molecule has 0 bridgehead atoms. The number of furan rings is 1. The van der Waals surface area contributed by atoms with Gasteiger partial charge in [0.05, 0.1) is 18.8 Å². The van der Waals surface area contributed by atoms with Crippen LogP contribution in [0.15, 0.2) is 47.1 Å². The van der Waals surface area contributed by atoms with E-state index in [1.807, 2.05) is 24.3 Å². The van der Waals surface area contributed by atoms with Gasteiger partial charge >= 0.3 is 0 Å². The summed E-state index contributed by atoms with van der Waals surface area (Å²) in [4.78, 5) is 14.1. The number of fused-ring (bicyclic) bond motifs is 1. The van der Waals surface area contributed by atoms with Crippen LogP contribution < -0.4 is 0 Å². The number of carbonyl (C=O) groups excluding carboxylic acids is 1. The maximum absolute atomic E-state index is 12.3. The lowest BCUT2D eigenvalue weighted by molar-refractivity contribution is -0.131. The molecule has 1 aromatic heterocycles. The largest absolute Gasteiger partial charge is 0.469 e. The van der Waals surface area contributed by atoms with E-state index in [1.165, 1.54) is 0 Å². The molecule has 20 heavy (non-hydrogen) atoms. The van der Waals surface area contributed by atoms with Crippen LogP contribution in [0.3, 0.4) is 0 Å². The van der Waals surface area contributed by atoms with Crippen LogP contribution in [0.25, 0.3) is 0 Å². The van der Waals surface area contributed by atoms with Crippen molar-refractivity contribution in [2.24, 2.45) is 0 Å². The average Bonchev–Trinajstić information content (AvgIpc) is 2.90. The van der Waals surface area contributed by atoms with Crippen LogP contribution in [-0.2, 0) is 17.8 Å². The van der Waals surface area contributed by atoms with Crippen LogP contribution in [0.5, 0.6) is 0 Å². The lowest BCUT2D eigenvalue weighted by atomic mass is 10.0. The quantitative estimate of drug-likeness (QED) is 0.911. The number of aliphatic hydroxyl groups excluding tert-OH is 1. The van der Waals surface area contributed by atoms with Crippen molar-refractivity contribution >= 4 is 5.91 Å². The SMILES string of the molecule is O=C(Cc1ccco1)N1CCC(O)c2ccccc2C1. The first-order valence-electron chi connectivity index (χ1n) is 6.80. The Bertz CT molecular complexity index is 592. The summed E-state index contributed by atoms with van der Waals surface area (Å²) in [5, 5.41) is 10.1. The minimum Gasteiger partial charge on any atom is -0.469 e. The van der Waals surface area contributed by atoms with Crippen molar-refractivity contribution in [1.82, 2.24) is 4.90 Å². The zero-order valence-corrected chi connectivity index (χ0v) is 11.2. The molecular formula is C16H17NO3. The standard InChI is InChI=1S/C16H17NO3/c18-15-7-8-17(11-12-4-1-2-6-14(12)15)16(19)10-13-5-3-9-20-13/h1-6,9,15,18H,7-8,10-11H2. The van der Waals surface area contributed by atoms with Gasteiger partial charge in [-0.25, -0.2) is 0 Å². The van der Waals surface area contributed by atoms with E-state index >= 15 is 0 Å². The van der Waals surface area contributed by atoms with Crippen molar-refractivity contribution in [3.8, 4) is 0 Å². The second-order valence-electron chi connectivity index (χ2n) is 5.07. The Morgan fingerprint density at radius 3 is 2.95 bits per heavy atom. The topological polar surface area (TPSA) is 53.7 Å². The maximum Gasteiger partial charge on any atom is 0.230 e. The summed E-state index contributed by atoms with van der Waals surface area (Å²) in [5.41, 5.74) is 1.95. The molecule has 1 atom stereocenters. The van der Waals surface area contributed by atoms with E-state index in [9.17, 15) is 9.90 Å². The Hall–Kier alpha value is -2.07. The highest BCUT2D eigenvalue weighted by atomic mass is 16.3. The Kier molecular flexibility index (Phi) is 3.56. The number of nitrogens with zero attached hydrogens (tertiary/aromatic N) is 1. The highest BCUT2D eigenvalue weighted by Crippen LogP contribution is 2.26. The maximum atomic E-state index is 12.3. The molecule has 0 radical (unpaired) electrons. The molecular weight excluding hydrogens is 254 g/mol. The summed E-state index contributed by atoms with van der Waals surface area (Å²) in [6.45, 7) is 1.11. The first-order chi connectivity index (χ1) is 9.74. The third-order valence-electron chi connectivity index (χ3n) is 3.71. The van der Waals surface area contributed by atoms with E-state index in [0.29, 0.717) is 25.3 Å². The molecule has 2 aromatic rings. The first-order valence-corrected chi connectivity index (χ1v) is 6.80. The van der Waals surface area contributed by atoms with Gasteiger partial charge in [-0.15, -0.1) is 0 Å². The van der Waals surface area contributed by atoms with Crippen LogP contribution in [0.1, 0.15) is 29.4 Å². The Labute approximate surface area is 117 Å². The summed E-state index contributed by atoms with van der Waals surface area (Å²) in [7, 11) is 0. The van der Waals surface area contributed by atoms with Crippen molar-refractivity contribution in [3.63, 3.8) is 0 Å². The number of amides is 1. The summed E-state index contributed by atoms with van der Waals surface area (Å²) in [6, 6.07) is 11.3. The second kappa shape index (κ2) is 5.51. The Morgan fingerprint density at radius 1 is 1.30 bits per heavy atom. The molecule has 1 aromatic carbocycles. The monoisotopic (exact) mass is 271 g/mol. The molecule has 1 amide bonds. The summed E-state index contributed by atoms with van der Waals surface area (Å²) in [5.74, 6) is 0.705. The van der Waals surface area contributed by atoms with Crippen LogP contribution >= 0.6 is 0 Å². The highest BCUT2D eigenvalue weighted by molar-refractivity contribution is 5.78. The number of hydrogen-bond donors (Lipinski definition) is 1. The summed E-state index contributed by atoms with van der Waals surface area (Å²) < 4.78 is 5.22. The van der Waals surface area contributed by atoms with Crippen molar-refractivity contribution in [3.05, 3.63) is 59.5 Å². The van der Waals surface area contributed by atoms with Gasteiger partial charge in [0, 0.05) is 13.1 Å². The minimum atomic E-state index is -0.493. The normalized spacial score (nSPS) is 18.4. The molecule has 1 aliphatic rings. The Morgan fingerprint density at radius 2 is 2.15 bits per heavy atom. The molecule has 1 unspecified atom stereocenters. The highest BCUT2D eigenvalue weighted by Gasteiger charge is 2.23. The van der Waals surface area contributed by atoms with E-state index < -0.39 is 6.10 Å². The predicted molar refractivity (Wildman–Crippen MR) is 73.8 cm³/mol. The van der Waals surface area contributed by atoms with Crippen molar-refractivity contribution in [2.75, 3.05) is 6.54 Å². The molecule has 104 valence electrons. The van der Waals surface area contributed by atoms with Crippen molar-refractivity contribution < 1.29 is 14.3 Å².